The van der Waals surface area contributed by atoms with Gasteiger partial charge in [0.05, 0.1) is 6.20 Å². The van der Waals surface area contributed by atoms with Crippen LogP contribution in [0.4, 0.5) is 4.39 Å². The van der Waals surface area contributed by atoms with Gasteiger partial charge in [-0.15, -0.1) is 0 Å². The Bertz CT molecular complexity index is 807. The molecule has 0 aliphatic rings. The molecule has 0 unspecified atom stereocenters. The number of aromatic nitrogens is 2. The smallest absolute Gasteiger partial charge is 0.269 e. The van der Waals surface area contributed by atoms with E-state index in [1.807, 2.05) is 31.2 Å². The number of nitrogens with zero attached hydrogens (tertiary/aromatic N) is 1. The van der Waals surface area contributed by atoms with Crippen molar-refractivity contribution in [3.05, 3.63) is 77.4 Å². The molecule has 2 aromatic carbocycles. The Hall–Kier alpha value is -2.95. The lowest BCUT2D eigenvalue weighted by Crippen LogP contribution is -2.23. The van der Waals surface area contributed by atoms with Crippen molar-refractivity contribution in [1.82, 2.24) is 15.3 Å². The molecule has 5 heteroatoms. The van der Waals surface area contributed by atoms with Crippen molar-refractivity contribution in [2.75, 3.05) is 0 Å². The van der Waals surface area contributed by atoms with E-state index < -0.39 is 0 Å². The summed E-state index contributed by atoms with van der Waals surface area (Å²) in [4.78, 5) is 19.3. The first-order valence-electron chi connectivity index (χ1n) is 7.26. The highest BCUT2D eigenvalue weighted by Crippen LogP contribution is 2.16. The topological polar surface area (TPSA) is 57.8 Å². The maximum Gasteiger partial charge on any atom is 0.269 e. The third kappa shape index (κ3) is 3.63. The second kappa shape index (κ2) is 6.44. The van der Waals surface area contributed by atoms with Crippen LogP contribution in [0.3, 0.4) is 0 Å². The molecular weight excluding hydrogens is 293 g/mol. The molecular formula is C18H16FN3O. The summed E-state index contributed by atoms with van der Waals surface area (Å²) in [5, 5.41) is 2.84. The third-order valence-electron chi connectivity index (χ3n) is 3.51. The van der Waals surface area contributed by atoms with Crippen molar-refractivity contribution in [1.29, 1.82) is 0 Å². The molecule has 3 rings (SSSR count). The van der Waals surface area contributed by atoms with Gasteiger partial charge < -0.3 is 10.3 Å². The zero-order valence-electron chi connectivity index (χ0n) is 12.6. The van der Waals surface area contributed by atoms with E-state index in [0.717, 1.165) is 11.1 Å². The van der Waals surface area contributed by atoms with Gasteiger partial charge >= 0.3 is 0 Å². The Balaban J connectivity index is 1.66. The highest BCUT2D eigenvalue weighted by Gasteiger charge is 2.10. The summed E-state index contributed by atoms with van der Waals surface area (Å²) in [6.45, 7) is 2.47. The number of hydrogen-bond acceptors (Lipinski definition) is 2. The van der Waals surface area contributed by atoms with Gasteiger partial charge in [-0.05, 0) is 36.8 Å². The minimum Gasteiger partial charge on any atom is -0.347 e. The van der Waals surface area contributed by atoms with Crippen molar-refractivity contribution < 1.29 is 9.18 Å². The molecule has 3 aromatic rings. The molecule has 0 fully saturated rings. The number of carbonyl (C=O) groups excluding carboxylic acids is 1. The quantitative estimate of drug-likeness (QED) is 0.775. The lowest BCUT2D eigenvalue weighted by molar-refractivity contribution is 0.0946. The first kappa shape index (κ1) is 15.0. The molecule has 0 atom stereocenters. The predicted molar refractivity (Wildman–Crippen MR) is 86.3 cm³/mol. The largest absolute Gasteiger partial charge is 0.347 e. The van der Waals surface area contributed by atoms with Crippen LogP contribution in [0.15, 0.2) is 54.7 Å². The SMILES string of the molecule is Cc1ccc(CNC(=O)c2cnc(-c3ccc(F)cc3)[nH]2)cc1. The van der Waals surface area contributed by atoms with Crippen LogP contribution in [0.5, 0.6) is 0 Å². The molecule has 0 radical (unpaired) electrons. The number of rotatable bonds is 4. The summed E-state index contributed by atoms with van der Waals surface area (Å²) in [7, 11) is 0. The fraction of sp³-hybridized carbons (Fsp3) is 0.111. The Morgan fingerprint density at radius 3 is 2.52 bits per heavy atom. The minimum absolute atomic E-state index is 0.230. The van der Waals surface area contributed by atoms with Crippen LogP contribution in [0.25, 0.3) is 11.4 Å². The second-order valence-corrected chi connectivity index (χ2v) is 5.32. The fourth-order valence-corrected chi connectivity index (χ4v) is 2.17. The van der Waals surface area contributed by atoms with E-state index in [2.05, 4.69) is 15.3 Å². The highest BCUT2D eigenvalue weighted by molar-refractivity contribution is 5.92. The van der Waals surface area contributed by atoms with Gasteiger partial charge in [-0.2, -0.15) is 0 Å². The van der Waals surface area contributed by atoms with Gasteiger partial charge in [-0.1, -0.05) is 29.8 Å². The Labute approximate surface area is 133 Å². The number of aromatic amines is 1. The fourth-order valence-electron chi connectivity index (χ4n) is 2.17. The van der Waals surface area contributed by atoms with E-state index in [-0.39, 0.29) is 11.7 Å². The Kier molecular flexibility index (Phi) is 4.19. The van der Waals surface area contributed by atoms with E-state index in [1.165, 1.54) is 23.9 Å². The standard InChI is InChI=1S/C18H16FN3O/c1-12-2-4-13(5-3-12)10-21-18(23)16-11-20-17(22-16)14-6-8-15(19)9-7-14/h2-9,11H,10H2,1H3,(H,20,22)(H,21,23). The number of H-pyrrole nitrogens is 1. The average molecular weight is 309 g/mol. The summed E-state index contributed by atoms with van der Waals surface area (Å²) < 4.78 is 12.9. The van der Waals surface area contributed by atoms with Crippen LogP contribution in [-0.2, 0) is 6.54 Å². The van der Waals surface area contributed by atoms with Gasteiger partial charge in [0, 0.05) is 12.1 Å². The molecule has 1 aromatic heterocycles. The molecule has 4 nitrogen and oxygen atoms in total. The zero-order valence-corrected chi connectivity index (χ0v) is 12.6. The van der Waals surface area contributed by atoms with Crippen LogP contribution in [-0.4, -0.2) is 15.9 Å². The first-order valence-corrected chi connectivity index (χ1v) is 7.26. The van der Waals surface area contributed by atoms with Crippen LogP contribution < -0.4 is 5.32 Å². The number of nitrogens with one attached hydrogen (secondary N) is 2. The maximum atomic E-state index is 12.9. The molecule has 1 heterocycles. The second-order valence-electron chi connectivity index (χ2n) is 5.32. The number of amides is 1. The summed E-state index contributed by atoms with van der Waals surface area (Å²) in [6, 6.07) is 13.9. The Morgan fingerprint density at radius 2 is 1.83 bits per heavy atom. The number of aryl methyl sites for hydroxylation is 1. The molecule has 2 N–H and O–H groups in total. The van der Waals surface area contributed by atoms with E-state index in [0.29, 0.717) is 18.1 Å². The minimum atomic E-state index is -0.309. The third-order valence-corrected chi connectivity index (χ3v) is 3.51. The van der Waals surface area contributed by atoms with Crippen LogP contribution in [0.1, 0.15) is 21.6 Å². The molecule has 0 aliphatic heterocycles. The monoisotopic (exact) mass is 309 g/mol. The summed E-state index contributed by atoms with van der Waals surface area (Å²) >= 11 is 0. The van der Waals surface area contributed by atoms with Crippen molar-refractivity contribution in [2.24, 2.45) is 0 Å². The van der Waals surface area contributed by atoms with E-state index >= 15 is 0 Å². The lowest BCUT2D eigenvalue weighted by atomic mass is 10.1. The number of halogens is 1. The highest BCUT2D eigenvalue weighted by atomic mass is 19.1. The van der Waals surface area contributed by atoms with Crippen LogP contribution in [0, 0.1) is 12.7 Å². The zero-order chi connectivity index (χ0) is 16.2. The first-order chi connectivity index (χ1) is 11.1. The molecule has 0 aliphatic carbocycles. The van der Waals surface area contributed by atoms with Gasteiger partial charge in [0.1, 0.15) is 17.3 Å². The van der Waals surface area contributed by atoms with Gasteiger partial charge in [0.2, 0.25) is 0 Å². The molecule has 23 heavy (non-hydrogen) atoms. The van der Waals surface area contributed by atoms with E-state index in [9.17, 15) is 9.18 Å². The van der Waals surface area contributed by atoms with Crippen molar-refractivity contribution in [2.45, 2.75) is 13.5 Å². The van der Waals surface area contributed by atoms with Gasteiger partial charge in [0.25, 0.3) is 5.91 Å². The van der Waals surface area contributed by atoms with Crippen molar-refractivity contribution in [3.63, 3.8) is 0 Å². The molecule has 0 saturated heterocycles. The average Bonchev–Trinajstić information content (AvgIpc) is 3.05. The molecule has 1 amide bonds. The normalized spacial score (nSPS) is 10.5. The van der Waals surface area contributed by atoms with Crippen LogP contribution >= 0.6 is 0 Å². The van der Waals surface area contributed by atoms with Crippen LogP contribution in [0.2, 0.25) is 0 Å². The van der Waals surface area contributed by atoms with Crippen molar-refractivity contribution >= 4 is 5.91 Å². The van der Waals surface area contributed by atoms with Gasteiger partial charge in [-0.25, -0.2) is 9.37 Å². The van der Waals surface area contributed by atoms with Gasteiger partial charge in [-0.3, -0.25) is 4.79 Å². The molecule has 116 valence electrons. The van der Waals surface area contributed by atoms with E-state index in [1.54, 1.807) is 12.1 Å². The number of carbonyl (C=O) groups is 1. The van der Waals surface area contributed by atoms with Crippen molar-refractivity contribution in [3.8, 4) is 11.4 Å². The number of imidazole rings is 1. The molecule has 0 saturated carbocycles. The summed E-state index contributed by atoms with van der Waals surface area (Å²) in [6.07, 6.45) is 1.48. The predicted octanol–water partition coefficient (Wildman–Crippen LogP) is 3.45. The number of hydrogen-bond donors (Lipinski definition) is 2. The number of benzene rings is 2. The maximum absolute atomic E-state index is 12.9. The Morgan fingerprint density at radius 1 is 1.13 bits per heavy atom. The molecule has 0 bridgehead atoms. The van der Waals surface area contributed by atoms with Gasteiger partial charge in [0.15, 0.2) is 0 Å². The summed E-state index contributed by atoms with van der Waals surface area (Å²) in [5.41, 5.74) is 3.31. The molecule has 0 spiro atoms. The lowest BCUT2D eigenvalue weighted by Gasteiger charge is -2.04. The van der Waals surface area contributed by atoms with E-state index in [4.69, 9.17) is 0 Å². The summed E-state index contributed by atoms with van der Waals surface area (Å²) in [5.74, 6) is -0.00621.